The van der Waals surface area contributed by atoms with Gasteiger partial charge in [-0.2, -0.15) is 11.1 Å². The van der Waals surface area contributed by atoms with E-state index >= 15 is 0 Å². The third kappa shape index (κ3) is 1.88. The number of hydrogen-bond donors (Lipinski definition) is 0. The van der Waals surface area contributed by atoms with Crippen LogP contribution in [0.1, 0.15) is 10.9 Å². The van der Waals surface area contributed by atoms with Crippen molar-refractivity contribution < 1.29 is 26.2 Å². The summed E-state index contributed by atoms with van der Waals surface area (Å²) in [5.41, 5.74) is 1.33. The molecule has 1 heterocycles. The van der Waals surface area contributed by atoms with E-state index in [1.807, 2.05) is 0 Å². The number of aryl methyl sites for hydroxylation is 2. The summed E-state index contributed by atoms with van der Waals surface area (Å²) in [6.45, 7) is 4.26. The predicted octanol–water partition coefficient (Wildman–Crippen LogP) is 2.13. The van der Waals surface area contributed by atoms with Crippen LogP contribution >= 0.6 is 8.19 Å². The Morgan fingerprint density at radius 1 is 1.50 bits per heavy atom. The second kappa shape index (κ2) is 3.64. The van der Waals surface area contributed by atoms with E-state index in [9.17, 15) is 0 Å². The first kappa shape index (κ1) is 8.66. The maximum absolute atomic E-state index is 3.14. The van der Waals surface area contributed by atoms with Gasteiger partial charge in [0, 0.05) is 26.2 Å². The molecule has 0 N–H and O–H groups in total. The van der Waals surface area contributed by atoms with Gasteiger partial charge in [0.1, 0.15) is 0 Å². The van der Waals surface area contributed by atoms with Crippen molar-refractivity contribution in [2.45, 2.75) is 13.8 Å². The quantitative estimate of drug-likeness (QED) is 0.565. The van der Waals surface area contributed by atoms with Gasteiger partial charge in [-0.1, -0.05) is 6.92 Å². The molecule has 1 atom stereocenters. The topological polar surface area (TPSA) is 0 Å². The maximum Gasteiger partial charge on any atom is 0 e. The minimum atomic E-state index is 0. The van der Waals surface area contributed by atoms with E-state index in [1.54, 1.807) is 0 Å². The average Bonchev–Trinajstić information content (AvgIpc) is 1.91. The molecule has 0 saturated carbocycles. The third-order valence-corrected chi connectivity index (χ3v) is 2.24. The van der Waals surface area contributed by atoms with Crippen molar-refractivity contribution in [3.8, 4) is 0 Å². The van der Waals surface area contributed by atoms with E-state index in [1.165, 1.54) is 10.9 Å². The first-order valence-corrected chi connectivity index (χ1v) is 3.40. The summed E-state index contributed by atoms with van der Waals surface area (Å²) in [4.78, 5) is 0. The van der Waals surface area contributed by atoms with Crippen LogP contribution in [0.3, 0.4) is 0 Å². The zero-order chi connectivity index (χ0) is 5.28. The van der Waals surface area contributed by atoms with Gasteiger partial charge in [-0.3, -0.25) is 0 Å². The van der Waals surface area contributed by atoms with Crippen LogP contribution in [0, 0.1) is 19.9 Å². The minimum absolute atomic E-state index is 0. The van der Waals surface area contributed by atoms with Gasteiger partial charge in [0.25, 0.3) is 0 Å². The van der Waals surface area contributed by atoms with Gasteiger partial charge in [0.15, 0.2) is 0 Å². The molecule has 0 radical (unpaired) electrons. The van der Waals surface area contributed by atoms with Gasteiger partial charge in [0.05, 0.1) is 0 Å². The Morgan fingerprint density at radius 3 is 2.25 bits per heavy atom. The summed E-state index contributed by atoms with van der Waals surface area (Å²) in [6.07, 6.45) is 0. The Morgan fingerprint density at radius 2 is 2.12 bits per heavy atom. The van der Waals surface area contributed by atoms with Crippen LogP contribution in [0.2, 0.25) is 0 Å². The van der Waals surface area contributed by atoms with Crippen molar-refractivity contribution in [2.75, 3.05) is 0 Å². The Hall–Kier alpha value is 0.663. The van der Waals surface area contributed by atoms with Crippen LogP contribution in [0.4, 0.5) is 0 Å². The maximum atomic E-state index is 3.14. The number of hydrogen-bond acceptors (Lipinski definition) is 0. The molecular formula is C6H8PZr-. The summed E-state index contributed by atoms with van der Waals surface area (Å²) in [5.74, 6) is 2.10. The van der Waals surface area contributed by atoms with E-state index in [2.05, 4.69) is 25.7 Å². The fourth-order valence-corrected chi connectivity index (χ4v) is 1.26. The first-order chi connectivity index (χ1) is 3.30. The molecule has 42 valence electrons. The van der Waals surface area contributed by atoms with Crippen LogP contribution in [0.5, 0.6) is 0 Å². The summed E-state index contributed by atoms with van der Waals surface area (Å²) in [7, 11) is 0.906. The van der Waals surface area contributed by atoms with E-state index in [-0.39, 0.29) is 26.2 Å². The van der Waals surface area contributed by atoms with E-state index in [0.29, 0.717) is 0 Å². The van der Waals surface area contributed by atoms with Crippen LogP contribution in [-0.2, 0) is 26.2 Å². The second-order valence-corrected chi connectivity index (χ2v) is 3.01. The van der Waals surface area contributed by atoms with Gasteiger partial charge in [-0.15, -0.1) is 6.92 Å². The smallest absolute Gasteiger partial charge is 0 e. The molecule has 1 rings (SSSR count). The van der Waals surface area contributed by atoms with Gasteiger partial charge in [-0.25, -0.2) is 19.8 Å². The molecule has 1 unspecified atom stereocenters. The van der Waals surface area contributed by atoms with Crippen LogP contribution in [0.25, 0.3) is 0 Å². The summed E-state index contributed by atoms with van der Waals surface area (Å²) in [5, 5.41) is 1.49. The molecule has 0 amide bonds. The van der Waals surface area contributed by atoms with Crippen LogP contribution in [-0.4, -0.2) is 0 Å². The predicted molar refractivity (Wildman–Crippen MR) is 34.3 cm³/mol. The normalized spacial score (nSPS) is 9.25. The molecule has 0 aliphatic rings. The summed E-state index contributed by atoms with van der Waals surface area (Å²) in [6, 6.07) is 3.14. The molecule has 0 aliphatic carbocycles. The summed E-state index contributed by atoms with van der Waals surface area (Å²) >= 11 is 0. The van der Waals surface area contributed by atoms with Crippen molar-refractivity contribution in [2.24, 2.45) is 0 Å². The fourth-order valence-electron chi connectivity index (χ4n) is 0.469. The van der Waals surface area contributed by atoms with Crippen molar-refractivity contribution in [3.63, 3.8) is 0 Å². The molecule has 0 bridgehead atoms. The molecule has 1 aromatic heterocycles. The van der Waals surface area contributed by atoms with Crippen molar-refractivity contribution in [1.29, 1.82) is 0 Å². The van der Waals surface area contributed by atoms with E-state index in [4.69, 9.17) is 0 Å². The standard InChI is InChI=1S/C6H8P.Zr/c1-5-3-4-7-6(5)2;/h4,7H,1-2H3;/q-1;. The van der Waals surface area contributed by atoms with E-state index < -0.39 is 0 Å². The first-order valence-electron chi connectivity index (χ1n) is 2.33. The third-order valence-electron chi connectivity index (χ3n) is 1.14. The van der Waals surface area contributed by atoms with Gasteiger partial charge in [0.2, 0.25) is 0 Å². The average molecular weight is 202 g/mol. The van der Waals surface area contributed by atoms with Crippen molar-refractivity contribution >= 4 is 8.19 Å². The largest absolute Gasteiger partial charge is 0.244 e. The Labute approximate surface area is 70.9 Å². The molecule has 0 aromatic carbocycles. The van der Waals surface area contributed by atoms with Crippen molar-refractivity contribution in [3.05, 3.63) is 22.7 Å². The zero-order valence-corrected chi connectivity index (χ0v) is 8.54. The van der Waals surface area contributed by atoms with Crippen molar-refractivity contribution in [1.82, 2.24) is 0 Å². The molecule has 0 fully saturated rings. The Bertz CT molecular complexity index is 141. The molecule has 2 heteroatoms. The Balaban J connectivity index is 0.000000490. The second-order valence-electron chi connectivity index (χ2n) is 1.68. The molecule has 0 nitrogen and oxygen atoms in total. The number of rotatable bonds is 0. The molecule has 1 aromatic rings. The summed E-state index contributed by atoms with van der Waals surface area (Å²) < 4.78 is 0. The minimum Gasteiger partial charge on any atom is -0.244 e. The molecule has 0 spiro atoms. The van der Waals surface area contributed by atoms with E-state index in [0.717, 1.165) is 8.19 Å². The monoisotopic (exact) mass is 201 g/mol. The van der Waals surface area contributed by atoms with Gasteiger partial charge >= 0.3 is 0 Å². The fraction of sp³-hybridized carbons (Fsp3) is 0.333. The molecule has 0 aliphatic heterocycles. The molecular weight excluding hydrogens is 194 g/mol. The zero-order valence-electron chi connectivity index (χ0n) is 5.08. The van der Waals surface area contributed by atoms with Gasteiger partial charge < -0.3 is 0 Å². The van der Waals surface area contributed by atoms with Gasteiger partial charge in [-0.05, 0) is 0 Å². The molecule has 8 heavy (non-hydrogen) atoms. The SMILES string of the molecule is Cc1[c-]c[pH]c1C.[Zr]. The van der Waals surface area contributed by atoms with Crippen LogP contribution < -0.4 is 0 Å². The van der Waals surface area contributed by atoms with Crippen LogP contribution in [0.15, 0.2) is 5.80 Å². The Kier molecular flexibility index (Phi) is 3.95. The molecule has 0 saturated heterocycles.